The smallest absolute Gasteiger partial charge is 0.344 e. The number of benzene rings is 3. The molecule has 0 aliphatic carbocycles. The topological polar surface area (TPSA) is 108 Å². The highest BCUT2D eigenvalue weighted by molar-refractivity contribution is 6.31. The number of ether oxygens (including phenoxy) is 2. The highest BCUT2D eigenvalue weighted by atomic mass is 35.5. The summed E-state index contributed by atoms with van der Waals surface area (Å²) in [6.45, 7) is -1.01. The molecule has 3 aromatic rings. The molecular weight excluding hydrogens is 400 g/mol. The number of nitro groups is 1. The molecule has 0 saturated heterocycles. The molecule has 0 atom stereocenters. The van der Waals surface area contributed by atoms with E-state index < -0.39 is 23.4 Å². The van der Waals surface area contributed by atoms with E-state index in [9.17, 15) is 19.7 Å². The quantitative estimate of drug-likeness (QED) is 0.356. The molecule has 0 aliphatic rings. The first-order chi connectivity index (χ1) is 13.9. The molecular formula is C20H15ClN2O6. The molecule has 1 amide bonds. The van der Waals surface area contributed by atoms with Crippen molar-refractivity contribution in [1.82, 2.24) is 0 Å². The minimum atomic E-state index is -0.756. The molecule has 0 fully saturated rings. The van der Waals surface area contributed by atoms with Gasteiger partial charge in [0.15, 0.2) is 13.2 Å². The number of hydrogen-bond acceptors (Lipinski definition) is 6. The Hall–Kier alpha value is -3.65. The SMILES string of the molecule is O=C(COC(=O)COc1ccc2ccccc2c1)Nc1cc(Cl)ccc1[N+](=O)[O-]. The van der Waals surface area contributed by atoms with Crippen LogP contribution >= 0.6 is 11.6 Å². The lowest BCUT2D eigenvalue weighted by molar-refractivity contribution is -0.383. The Morgan fingerprint density at radius 3 is 2.52 bits per heavy atom. The van der Waals surface area contributed by atoms with Gasteiger partial charge in [0, 0.05) is 11.1 Å². The maximum absolute atomic E-state index is 11.9. The normalized spacial score (nSPS) is 10.4. The van der Waals surface area contributed by atoms with Gasteiger partial charge in [-0.15, -0.1) is 0 Å². The number of esters is 1. The number of anilines is 1. The lowest BCUT2D eigenvalue weighted by Crippen LogP contribution is -2.24. The van der Waals surface area contributed by atoms with Crippen molar-refractivity contribution in [2.45, 2.75) is 0 Å². The molecule has 148 valence electrons. The molecule has 0 radical (unpaired) electrons. The Morgan fingerprint density at radius 1 is 1.00 bits per heavy atom. The van der Waals surface area contributed by atoms with Crippen LogP contribution in [0.3, 0.4) is 0 Å². The number of carbonyl (C=O) groups is 2. The molecule has 8 nitrogen and oxygen atoms in total. The van der Waals surface area contributed by atoms with Crippen LogP contribution in [0.25, 0.3) is 10.8 Å². The van der Waals surface area contributed by atoms with Gasteiger partial charge in [0.05, 0.1) is 4.92 Å². The van der Waals surface area contributed by atoms with Crippen molar-refractivity contribution in [2.24, 2.45) is 0 Å². The van der Waals surface area contributed by atoms with Crippen LogP contribution in [0.4, 0.5) is 11.4 Å². The largest absolute Gasteiger partial charge is 0.482 e. The second kappa shape index (κ2) is 9.03. The van der Waals surface area contributed by atoms with E-state index in [0.717, 1.165) is 10.8 Å². The van der Waals surface area contributed by atoms with Crippen molar-refractivity contribution >= 4 is 45.6 Å². The third-order valence-corrected chi connectivity index (χ3v) is 4.11. The van der Waals surface area contributed by atoms with Crippen molar-refractivity contribution in [1.29, 1.82) is 0 Å². The van der Waals surface area contributed by atoms with Crippen LogP contribution in [0.2, 0.25) is 5.02 Å². The molecule has 0 aliphatic heterocycles. The third-order valence-electron chi connectivity index (χ3n) is 3.87. The van der Waals surface area contributed by atoms with Gasteiger partial charge in [-0.25, -0.2) is 4.79 Å². The summed E-state index contributed by atoms with van der Waals surface area (Å²) in [4.78, 5) is 34.1. The predicted octanol–water partition coefficient (Wildman–Crippen LogP) is 3.96. The fraction of sp³-hybridized carbons (Fsp3) is 0.100. The summed E-state index contributed by atoms with van der Waals surface area (Å²) in [5.74, 6) is -1.01. The van der Waals surface area contributed by atoms with Gasteiger partial charge in [0.2, 0.25) is 0 Å². The second-order valence-electron chi connectivity index (χ2n) is 5.93. The molecule has 3 rings (SSSR count). The van der Waals surface area contributed by atoms with E-state index in [1.807, 2.05) is 30.3 Å². The first-order valence-corrected chi connectivity index (χ1v) is 8.81. The van der Waals surface area contributed by atoms with Crippen LogP contribution in [0.15, 0.2) is 60.7 Å². The number of fused-ring (bicyclic) bond motifs is 1. The van der Waals surface area contributed by atoms with Gasteiger partial charge in [0.1, 0.15) is 11.4 Å². The molecule has 0 spiro atoms. The van der Waals surface area contributed by atoms with E-state index in [4.69, 9.17) is 21.1 Å². The molecule has 1 N–H and O–H groups in total. The summed E-state index contributed by atoms with van der Waals surface area (Å²) in [6, 6.07) is 16.8. The van der Waals surface area contributed by atoms with Crippen LogP contribution < -0.4 is 10.1 Å². The number of carbonyl (C=O) groups excluding carboxylic acids is 2. The van der Waals surface area contributed by atoms with E-state index in [0.29, 0.717) is 5.75 Å². The summed E-state index contributed by atoms with van der Waals surface area (Å²) < 4.78 is 10.2. The lowest BCUT2D eigenvalue weighted by Gasteiger charge is -2.09. The van der Waals surface area contributed by atoms with E-state index in [1.54, 1.807) is 12.1 Å². The van der Waals surface area contributed by atoms with Crippen LogP contribution in [-0.4, -0.2) is 30.0 Å². The number of rotatable bonds is 7. The monoisotopic (exact) mass is 414 g/mol. The van der Waals surface area contributed by atoms with E-state index in [2.05, 4.69) is 5.32 Å². The maximum Gasteiger partial charge on any atom is 0.344 e. The van der Waals surface area contributed by atoms with Gasteiger partial charge in [-0.2, -0.15) is 0 Å². The number of amides is 1. The molecule has 0 bridgehead atoms. The summed E-state index contributed by atoms with van der Waals surface area (Å²) >= 11 is 5.79. The van der Waals surface area contributed by atoms with Crippen molar-refractivity contribution in [3.8, 4) is 5.75 Å². The fourth-order valence-corrected chi connectivity index (χ4v) is 2.71. The highest BCUT2D eigenvalue weighted by Crippen LogP contribution is 2.27. The average Bonchev–Trinajstić information content (AvgIpc) is 2.70. The third kappa shape index (κ3) is 5.43. The van der Waals surface area contributed by atoms with Crippen molar-refractivity contribution in [2.75, 3.05) is 18.5 Å². The van der Waals surface area contributed by atoms with Crippen LogP contribution in [0.1, 0.15) is 0 Å². The number of nitrogens with one attached hydrogen (secondary N) is 1. The number of nitrogens with zero attached hydrogens (tertiary/aromatic N) is 1. The van der Waals surface area contributed by atoms with Gasteiger partial charge in [-0.3, -0.25) is 14.9 Å². The minimum Gasteiger partial charge on any atom is -0.482 e. The highest BCUT2D eigenvalue weighted by Gasteiger charge is 2.17. The Kier molecular flexibility index (Phi) is 6.25. The Balaban J connectivity index is 1.50. The standard InChI is InChI=1S/C20H15ClN2O6/c21-15-6-8-18(23(26)27)17(10-15)22-19(24)11-29-20(25)12-28-16-7-5-13-3-1-2-4-14(13)9-16/h1-10H,11-12H2,(H,22,24). The first kappa shape index (κ1) is 20.1. The summed E-state index contributed by atoms with van der Waals surface area (Å²) in [5.41, 5.74) is -0.412. The summed E-state index contributed by atoms with van der Waals surface area (Å²) in [7, 11) is 0. The summed E-state index contributed by atoms with van der Waals surface area (Å²) in [6.07, 6.45) is 0. The van der Waals surface area contributed by atoms with E-state index in [-0.39, 0.29) is 23.0 Å². The zero-order valence-corrected chi connectivity index (χ0v) is 15.7. The molecule has 0 saturated carbocycles. The van der Waals surface area contributed by atoms with Crippen molar-refractivity contribution in [3.05, 3.63) is 75.8 Å². The number of halogens is 1. The van der Waals surface area contributed by atoms with Gasteiger partial charge in [-0.1, -0.05) is 41.9 Å². The summed E-state index contributed by atoms with van der Waals surface area (Å²) in [5, 5.41) is 15.5. The number of hydrogen-bond donors (Lipinski definition) is 1. The molecule has 0 aromatic heterocycles. The molecule has 0 unspecified atom stereocenters. The average molecular weight is 415 g/mol. The number of nitro benzene ring substituents is 1. The van der Waals surface area contributed by atoms with E-state index in [1.165, 1.54) is 18.2 Å². The fourth-order valence-electron chi connectivity index (χ4n) is 2.54. The lowest BCUT2D eigenvalue weighted by atomic mass is 10.1. The van der Waals surface area contributed by atoms with Crippen molar-refractivity contribution in [3.63, 3.8) is 0 Å². The van der Waals surface area contributed by atoms with E-state index >= 15 is 0 Å². The van der Waals surface area contributed by atoms with Gasteiger partial charge in [-0.05, 0) is 35.0 Å². The zero-order chi connectivity index (χ0) is 20.8. The Morgan fingerprint density at radius 2 is 1.76 bits per heavy atom. The van der Waals surface area contributed by atoms with Crippen molar-refractivity contribution < 1.29 is 24.0 Å². The second-order valence-corrected chi connectivity index (χ2v) is 6.36. The first-order valence-electron chi connectivity index (χ1n) is 8.43. The van der Waals surface area contributed by atoms with Gasteiger partial charge >= 0.3 is 5.97 Å². The minimum absolute atomic E-state index is 0.0871. The van der Waals surface area contributed by atoms with Crippen LogP contribution in [0.5, 0.6) is 5.75 Å². The molecule has 29 heavy (non-hydrogen) atoms. The molecule has 9 heteroatoms. The maximum atomic E-state index is 11.9. The zero-order valence-electron chi connectivity index (χ0n) is 15.0. The Labute approximate surface area is 170 Å². The van der Waals surface area contributed by atoms with Crippen LogP contribution in [0, 0.1) is 10.1 Å². The van der Waals surface area contributed by atoms with Gasteiger partial charge in [0.25, 0.3) is 11.6 Å². The molecule has 0 heterocycles. The van der Waals surface area contributed by atoms with Gasteiger partial charge < -0.3 is 14.8 Å². The van der Waals surface area contributed by atoms with Crippen LogP contribution in [-0.2, 0) is 14.3 Å². The molecule has 3 aromatic carbocycles. The Bertz CT molecular complexity index is 1090. The predicted molar refractivity (Wildman–Crippen MR) is 107 cm³/mol.